The van der Waals surface area contributed by atoms with E-state index in [1.807, 2.05) is 6.92 Å². The van der Waals surface area contributed by atoms with E-state index < -0.39 is 0 Å². The topological polar surface area (TPSA) is 78.7 Å². The molecule has 1 fully saturated rings. The fourth-order valence-corrected chi connectivity index (χ4v) is 4.14. The summed E-state index contributed by atoms with van der Waals surface area (Å²) in [5.41, 5.74) is -0.0276. The van der Waals surface area contributed by atoms with Gasteiger partial charge < -0.3 is 10.2 Å². The minimum Gasteiger partial charge on any atom is -0.354 e. The van der Waals surface area contributed by atoms with Crippen molar-refractivity contribution in [3.8, 4) is 0 Å². The van der Waals surface area contributed by atoms with Crippen LogP contribution in [0.15, 0.2) is 0 Å². The van der Waals surface area contributed by atoms with Crippen LogP contribution in [0.5, 0.6) is 0 Å². The second kappa shape index (κ2) is 7.98. The normalized spacial score (nSPS) is 17.1. The summed E-state index contributed by atoms with van der Waals surface area (Å²) in [6.07, 6.45) is 1.08. The molecule has 3 rings (SSSR count). The molecule has 1 N–H and O–H groups in total. The molecule has 0 aromatic carbocycles. The van der Waals surface area contributed by atoms with Gasteiger partial charge in [-0.15, -0.1) is 10.2 Å². The second-order valence-corrected chi connectivity index (χ2v) is 8.49. The second-order valence-electron chi connectivity index (χ2n) is 7.45. The number of fused-ring (bicyclic) bond motifs is 1. The van der Waals surface area contributed by atoms with Crippen LogP contribution in [-0.2, 0) is 11.2 Å². The van der Waals surface area contributed by atoms with Crippen LogP contribution in [0.4, 0.5) is 0 Å². The Balaban J connectivity index is 1.44. The highest BCUT2D eigenvalue weighted by molar-refractivity contribution is 7.16. The van der Waals surface area contributed by atoms with Gasteiger partial charge in [0.2, 0.25) is 10.9 Å². The number of nitrogens with zero attached hydrogens (tertiary/aromatic N) is 6. The Morgan fingerprint density at radius 3 is 2.62 bits per heavy atom. The van der Waals surface area contributed by atoms with Crippen LogP contribution >= 0.6 is 11.3 Å². The number of carbonyl (C=O) groups is 1. The van der Waals surface area contributed by atoms with Crippen molar-refractivity contribution in [3.05, 3.63) is 10.8 Å². The zero-order valence-electron chi connectivity index (χ0n) is 16.2. The molecule has 0 atom stereocenters. The molecule has 3 heterocycles. The smallest absolute Gasteiger partial charge is 0.234 e. The van der Waals surface area contributed by atoms with Crippen LogP contribution in [0, 0.1) is 6.92 Å². The van der Waals surface area contributed by atoms with E-state index in [9.17, 15) is 4.79 Å². The molecule has 9 heteroatoms. The molecule has 0 spiro atoms. The molecule has 0 radical (unpaired) electrons. The van der Waals surface area contributed by atoms with Gasteiger partial charge in [0.05, 0.1) is 0 Å². The predicted molar refractivity (Wildman–Crippen MR) is 102 cm³/mol. The van der Waals surface area contributed by atoms with Crippen LogP contribution in [0.2, 0.25) is 0 Å². The molecule has 2 aromatic heterocycles. The summed E-state index contributed by atoms with van der Waals surface area (Å²) in [5.74, 6) is 0.852. The highest BCUT2D eigenvalue weighted by Crippen LogP contribution is 2.17. The fraction of sp³-hybridized carbons (Fsp3) is 0.765. The lowest BCUT2D eigenvalue weighted by Gasteiger charge is -2.44. The monoisotopic (exact) mass is 379 g/mol. The molecule has 0 unspecified atom stereocenters. The first-order valence-corrected chi connectivity index (χ1v) is 10.1. The van der Waals surface area contributed by atoms with Crippen molar-refractivity contribution < 1.29 is 4.79 Å². The Kier molecular flexibility index (Phi) is 5.89. The highest BCUT2D eigenvalue weighted by Gasteiger charge is 2.29. The first kappa shape index (κ1) is 19.2. The Morgan fingerprint density at radius 1 is 1.23 bits per heavy atom. The van der Waals surface area contributed by atoms with Crippen molar-refractivity contribution in [2.24, 2.45) is 0 Å². The Bertz CT molecular complexity index is 745. The molecular formula is C17H29N7OS. The van der Waals surface area contributed by atoms with E-state index in [2.05, 4.69) is 51.2 Å². The first-order chi connectivity index (χ1) is 12.4. The maximum Gasteiger partial charge on any atom is 0.234 e. The molecule has 0 saturated carbocycles. The molecule has 0 aliphatic carbocycles. The van der Waals surface area contributed by atoms with Crippen LogP contribution < -0.4 is 5.32 Å². The van der Waals surface area contributed by atoms with Gasteiger partial charge in [0.15, 0.2) is 5.82 Å². The van der Waals surface area contributed by atoms with Crippen LogP contribution in [0.25, 0.3) is 4.96 Å². The van der Waals surface area contributed by atoms with Crippen molar-refractivity contribution in [1.29, 1.82) is 0 Å². The van der Waals surface area contributed by atoms with Crippen molar-refractivity contribution in [1.82, 2.24) is 34.9 Å². The van der Waals surface area contributed by atoms with Gasteiger partial charge in [0.1, 0.15) is 5.01 Å². The van der Waals surface area contributed by atoms with E-state index in [1.54, 1.807) is 4.52 Å². The van der Waals surface area contributed by atoms with Gasteiger partial charge in [-0.1, -0.05) is 18.3 Å². The van der Waals surface area contributed by atoms with E-state index in [-0.39, 0.29) is 11.4 Å². The first-order valence-electron chi connectivity index (χ1n) is 9.31. The molecule has 8 nitrogen and oxygen atoms in total. The third-order valence-corrected chi connectivity index (χ3v) is 6.11. The number of aryl methyl sites for hydroxylation is 2. The number of nitrogens with one attached hydrogen (secondary N) is 1. The summed E-state index contributed by atoms with van der Waals surface area (Å²) < 4.78 is 1.73. The number of piperazine rings is 1. The third kappa shape index (κ3) is 4.39. The SMILES string of the molecule is CCN1CCN(C(C)(C)CNC(=O)CCc2nn3c(C)nnc3s2)CC1. The van der Waals surface area contributed by atoms with Gasteiger partial charge in [-0.2, -0.15) is 9.61 Å². The van der Waals surface area contributed by atoms with E-state index >= 15 is 0 Å². The average molecular weight is 380 g/mol. The molecule has 1 aliphatic heterocycles. The predicted octanol–water partition coefficient (Wildman–Crippen LogP) is 0.959. The van der Waals surface area contributed by atoms with Crippen molar-refractivity contribution in [2.45, 2.75) is 46.1 Å². The number of hydrogen-bond acceptors (Lipinski definition) is 7. The molecule has 2 aromatic rings. The van der Waals surface area contributed by atoms with Crippen molar-refractivity contribution in [3.63, 3.8) is 0 Å². The summed E-state index contributed by atoms with van der Waals surface area (Å²) >= 11 is 1.49. The number of carbonyl (C=O) groups excluding carboxylic acids is 1. The lowest BCUT2D eigenvalue weighted by atomic mass is 10.0. The highest BCUT2D eigenvalue weighted by atomic mass is 32.1. The lowest BCUT2D eigenvalue weighted by Crippen LogP contribution is -2.58. The maximum atomic E-state index is 12.3. The number of rotatable bonds is 7. The maximum absolute atomic E-state index is 12.3. The summed E-state index contributed by atoms with van der Waals surface area (Å²) in [7, 11) is 0. The molecular weight excluding hydrogens is 350 g/mol. The van der Waals surface area contributed by atoms with Crippen LogP contribution in [0.3, 0.4) is 0 Å². The quantitative estimate of drug-likeness (QED) is 0.772. The molecule has 0 bridgehead atoms. The van der Waals surface area contributed by atoms with Gasteiger partial charge in [0, 0.05) is 51.1 Å². The van der Waals surface area contributed by atoms with Crippen molar-refractivity contribution >= 4 is 22.2 Å². The largest absolute Gasteiger partial charge is 0.354 e. The van der Waals surface area contributed by atoms with E-state index in [4.69, 9.17) is 0 Å². The summed E-state index contributed by atoms with van der Waals surface area (Å²) in [5, 5.41) is 16.5. The number of hydrogen-bond donors (Lipinski definition) is 1. The van der Waals surface area contributed by atoms with Crippen molar-refractivity contribution in [2.75, 3.05) is 39.3 Å². The Hall–Kier alpha value is -1.58. The van der Waals surface area contributed by atoms with E-state index in [1.165, 1.54) is 11.3 Å². The number of amides is 1. The van der Waals surface area contributed by atoms with Gasteiger partial charge in [-0.3, -0.25) is 9.69 Å². The summed E-state index contributed by atoms with van der Waals surface area (Å²) in [6, 6.07) is 0. The van der Waals surface area contributed by atoms with Gasteiger partial charge in [0.25, 0.3) is 0 Å². The van der Waals surface area contributed by atoms with E-state index in [0.29, 0.717) is 19.4 Å². The standard InChI is InChI=1S/C17H29N7OS/c1-5-22-8-10-23(11-9-22)17(3,4)12-18-14(25)6-7-15-21-24-13(2)19-20-16(24)26-15/h5-12H2,1-4H3,(H,18,25). The minimum atomic E-state index is -0.0276. The summed E-state index contributed by atoms with van der Waals surface area (Å²) in [6.45, 7) is 14.6. The molecule has 1 aliphatic rings. The molecule has 144 valence electrons. The third-order valence-electron chi connectivity index (χ3n) is 5.15. The molecule has 26 heavy (non-hydrogen) atoms. The fourth-order valence-electron chi connectivity index (χ4n) is 3.26. The Morgan fingerprint density at radius 2 is 1.96 bits per heavy atom. The van der Waals surface area contributed by atoms with Gasteiger partial charge in [-0.05, 0) is 27.3 Å². The molecule has 1 saturated heterocycles. The zero-order valence-corrected chi connectivity index (χ0v) is 17.0. The minimum absolute atomic E-state index is 0.0276. The van der Waals surface area contributed by atoms with Crippen LogP contribution in [-0.4, -0.2) is 80.3 Å². The average Bonchev–Trinajstić information content (AvgIpc) is 3.20. The van der Waals surface area contributed by atoms with Gasteiger partial charge in [-0.25, -0.2) is 0 Å². The van der Waals surface area contributed by atoms with Crippen LogP contribution in [0.1, 0.15) is 38.0 Å². The number of aromatic nitrogens is 4. The van der Waals surface area contributed by atoms with Gasteiger partial charge >= 0.3 is 0 Å². The Labute approximate surface area is 158 Å². The van der Waals surface area contributed by atoms with E-state index in [0.717, 1.165) is 48.5 Å². The molecule has 1 amide bonds. The lowest BCUT2D eigenvalue weighted by molar-refractivity contribution is -0.121. The number of likely N-dealkylation sites (N-methyl/N-ethyl adjacent to an activating group) is 1. The zero-order chi connectivity index (χ0) is 18.7. The summed E-state index contributed by atoms with van der Waals surface area (Å²) in [4.78, 5) is 18.0.